The van der Waals surface area contributed by atoms with Gasteiger partial charge in [0, 0.05) is 22.7 Å². The lowest BCUT2D eigenvalue weighted by molar-refractivity contribution is -0.118. The van der Waals surface area contributed by atoms with Crippen molar-refractivity contribution in [3.05, 3.63) is 112 Å². The molecule has 1 amide bonds. The third kappa shape index (κ3) is 3.86. The molecule has 0 fully saturated rings. The molecule has 0 saturated carbocycles. The zero-order valence-corrected chi connectivity index (χ0v) is 15.3. The second-order valence-electron chi connectivity index (χ2n) is 6.68. The van der Waals surface area contributed by atoms with Crippen LogP contribution in [0, 0.1) is 0 Å². The maximum Gasteiger partial charge on any atom is 0.248 e. The molecule has 0 unspecified atom stereocenters. The quantitative estimate of drug-likeness (QED) is 0.571. The van der Waals surface area contributed by atoms with E-state index in [1.807, 2.05) is 84.9 Å². The van der Waals surface area contributed by atoms with Crippen LogP contribution in [0.15, 0.2) is 95.8 Å². The number of H-pyrrole nitrogens is 1. The molecule has 0 aliphatic carbocycles. The molecular formula is C24H20N2O2. The van der Waals surface area contributed by atoms with Crippen LogP contribution in [0.4, 0.5) is 5.69 Å². The summed E-state index contributed by atoms with van der Waals surface area (Å²) in [6.07, 6.45) is 0.302. The van der Waals surface area contributed by atoms with Crippen LogP contribution in [-0.2, 0) is 17.8 Å². The van der Waals surface area contributed by atoms with E-state index in [9.17, 15) is 9.59 Å². The summed E-state index contributed by atoms with van der Waals surface area (Å²) in [6.45, 7) is 0.333. The van der Waals surface area contributed by atoms with E-state index >= 15 is 0 Å². The molecule has 1 aromatic heterocycles. The maximum absolute atomic E-state index is 13.2. The molecule has 0 atom stereocenters. The highest BCUT2D eigenvalue weighted by Gasteiger charge is 2.18. The summed E-state index contributed by atoms with van der Waals surface area (Å²) in [6, 6.07) is 28.5. The minimum atomic E-state index is -0.169. The van der Waals surface area contributed by atoms with Crippen LogP contribution in [-0.4, -0.2) is 10.9 Å². The molecule has 4 rings (SSSR count). The number of hydrogen-bond acceptors (Lipinski definition) is 2. The number of anilines is 1. The normalized spacial score (nSPS) is 10.7. The third-order valence-corrected chi connectivity index (χ3v) is 4.73. The Kier molecular flexibility index (Phi) is 5.02. The molecule has 0 aliphatic heterocycles. The lowest BCUT2D eigenvalue weighted by Gasteiger charge is -2.24. The molecule has 0 spiro atoms. The first kappa shape index (κ1) is 17.7. The molecule has 4 nitrogen and oxygen atoms in total. The Morgan fingerprint density at radius 3 is 2.21 bits per heavy atom. The van der Waals surface area contributed by atoms with E-state index in [4.69, 9.17) is 0 Å². The summed E-state index contributed by atoms with van der Waals surface area (Å²) in [5.41, 5.74) is 3.20. The predicted molar refractivity (Wildman–Crippen MR) is 112 cm³/mol. The number of carbonyl (C=O) groups excluding carboxylic acids is 1. The number of pyridine rings is 1. The fraction of sp³-hybridized carbons (Fsp3) is 0.0833. The SMILES string of the molecule is O=C(Cc1ccccc1)N(Cc1cc(=O)[nH]c2ccccc12)c1ccccc1. The number of para-hydroxylation sites is 2. The number of nitrogens with zero attached hydrogens (tertiary/aromatic N) is 1. The van der Waals surface area contributed by atoms with E-state index in [0.29, 0.717) is 13.0 Å². The van der Waals surface area contributed by atoms with Crippen LogP contribution >= 0.6 is 0 Å². The summed E-state index contributed by atoms with van der Waals surface area (Å²) < 4.78 is 0. The summed E-state index contributed by atoms with van der Waals surface area (Å²) in [5.74, 6) is -0.0123. The number of nitrogens with one attached hydrogen (secondary N) is 1. The van der Waals surface area contributed by atoms with Gasteiger partial charge >= 0.3 is 0 Å². The van der Waals surface area contributed by atoms with Crippen molar-refractivity contribution in [2.24, 2.45) is 0 Å². The Bertz CT molecular complexity index is 1150. The Morgan fingerprint density at radius 2 is 1.46 bits per heavy atom. The molecule has 3 aromatic carbocycles. The number of aromatic amines is 1. The average molecular weight is 368 g/mol. The topological polar surface area (TPSA) is 53.2 Å². The van der Waals surface area contributed by atoms with Crippen LogP contribution in [0.1, 0.15) is 11.1 Å². The van der Waals surface area contributed by atoms with Gasteiger partial charge < -0.3 is 9.88 Å². The van der Waals surface area contributed by atoms with Crippen LogP contribution in [0.5, 0.6) is 0 Å². The number of benzene rings is 3. The van der Waals surface area contributed by atoms with Crippen molar-refractivity contribution in [3.63, 3.8) is 0 Å². The van der Waals surface area contributed by atoms with Gasteiger partial charge in [-0.2, -0.15) is 0 Å². The minimum absolute atomic E-state index is 0.0123. The first-order valence-electron chi connectivity index (χ1n) is 9.21. The largest absolute Gasteiger partial charge is 0.322 e. The Morgan fingerprint density at radius 1 is 0.821 bits per heavy atom. The van der Waals surface area contributed by atoms with Crippen molar-refractivity contribution < 1.29 is 4.79 Å². The van der Waals surface area contributed by atoms with Crippen LogP contribution in [0.3, 0.4) is 0 Å². The number of rotatable bonds is 5. The van der Waals surface area contributed by atoms with Crippen LogP contribution in [0.25, 0.3) is 10.9 Å². The summed E-state index contributed by atoms with van der Waals surface area (Å²) in [4.78, 5) is 29.9. The highest BCUT2D eigenvalue weighted by atomic mass is 16.2. The van der Waals surface area contributed by atoms with Gasteiger partial charge in [0.1, 0.15) is 0 Å². The molecule has 4 heteroatoms. The van der Waals surface area contributed by atoms with Gasteiger partial charge in [-0.3, -0.25) is 9.59 Å². The second-order valence-corrected chi connectivity index (χ2v) is 6.68. The zero-order chi connectivity index (χ0) is 19.3. The van der Waals surface area contributed by atoms with E-state index in [1.165, 1.54) is 0 Å². The summed E-state index contributed by atoms with van der Waals surface area (Å²) >= 11 is 0. The van der Waals surface area contributed by atoms with Crippen LogP contribution < -0.4 is 10.5 Å². The van der Waals surface area contributed by atoms with E-state index in [1.54, 1.807) is 11.0 Å². The van der Waals surface area contributed by atoms with Crippen molar-refractivity contribution in [1.82, 2.24) is 4.98 Å². The standard InChI is InChI=1S/C24H20N2O2/c27-23-16-19(21-13-7-8-14-22(21)25-23)17-26(20-11-5-2-6-12-20)24(28)15-18-9-3-1-4-10-18/h1-14,16H,15,17H2,(H,25,27). The number of aromatic nitrogens is 1. The molecule has 4 aromatic rings. The minimum Gasteiger partial charge on any atom is -0.322 e. The monoisotopic (exact) mass is 368 g/mol. The van der Waals surface area contributed by atoms with E-state index in [2.05, 4.69) is 4.98 Å². The van der Waals surface area contributed by atoms with Crippen molar-refractivity contribution >= 4 is 22.5 Å². The second kappa shape index (κ2) is 7.92. The molecule has 28 heavy (non-hydrogen) atoms. The van der Waals surface area contributed by atoms with Gasteiger partial charge in [0.05, 0.1) is 13.0 Å². The Hall–Kier alpha value is -3.66. The highest BCUT2D eigenvalue weighted by molar-refractivity contribution is 5.95. The molecule has 1 N–H and O–H groups in total. The van der Waals surface area contributed by atoms with Gasteiger partial charge in [-0.1, -0.05) is 66.7 Å². The van der Waals surface area contributed by atoms with Crippen molar-refractivity contribution in [1.29, 1.82) is 0 Å². The highest BCUT2D eigenvalue weighted by Crippen LogP contribution is 2.22. The lowest BCUT2D eigenvalue weighted by atomic mass is 10.1. The Balaban J connectivity index is 1.73. The van der Waals surface area contributed by atoms with Gasteiger partial charge in [-0.25, -0.2) is 0 Å². The fourth-order valence-corrected chi connectivity index (χ4v) is 3.38. The first-order chi connectivity index (χ1) is 13.7. The molecule has 0 radical (unpaired) electrons. The lowest BCUT2D eigenvalue weighted by Crippen LogP contribution is -2.32. The summed E-state index contributed by atoms with van der Waals surface area (Å²) in [5, 5.41) is 0.940. The smallest absolute Gasteiger partial charge is 0.248 e. The van der Waals surface area contributed by atoms with E-state index in [-0.39, 0.29) is 11.5 Å². The molecule has 0 bridgehead atoms. The van der Waals surface area contributed by atoms with Gasteiger partial charge in [0.25, 0.3) is 0 Å². The molecular weight excluding hydrogens is 348 g/mol. The Labute approximate surface area is 163 Å². The number of amides is 1. The van der Waals surface area contributed by atoms with E-state index < -0.39 is 0 Å². The predicted octanol–water partition coefficient (Wildman–Crippen LogP) is 4.30. The van der Waals surface area contributed by atoms with Gasteiger partial charge in [-0.05, 0) is 29.3 Å². The maximum atomic E-state index is 13.2. The van der Waals surface area contributed by atoms with Crippen molar-refractivity contribution in [2.45, 2.75) is 13.0 Å². The first-order valence-corrected chi connectivity index (χ1v) is 9.21. The van der Waals surface area contributed by atoms with Gasteiger partial charge in [0.2, 0.25) is 11.5 Å². The number of carbonyl (C=O) groups is 1. The van der Waals surface area contributed by atoms with E-state index in [0.717, 1.165) is 27.7 Å². The molecule has 1 heterocycles. The zero-order valence-electron chi connectivity index (χ0n) is 15.3. The molecule has 138 valence electrons. The molecule has 0 saturated heterocycles. The van der Waals surface area contributed by atoms with Crippen molar-refractivity contribution in [3.8, 4) is 0 Å². The summed E-state index contributed by atoms with van der Waals surface area (Å²) in [7, 11) is 0. The third-order valence-electron chi connectivity index (χ3n) is 4.73. The van der Waals surface area contributed by atoms with Gasteiger partial charge in [-0.15, -0.1) is 0 Å². The average Bonchev–Trinajstić information content (AvgIpc) is 2.73. The fourth-order valence-electron chi connectivity index (χ4n) is 3.38. The number of fused-ring (bicyclic) bond motifs is 1. The molecule has 0 aliphatic rings. The van der Waals surface area contributed by atoms with Crippen molar-refractivity contribution in [2.75, 3.05) is 4.90 Å². The number of hydrogen-bond donors (Lipinski definition) is 1. The van der Waals surface area contributed by atoms with Gasteiger partial charge in [0.15, 0.2) is 0 Å². The van der Waals surface area contributed by atoms with Crippen LogP contribution in [0.2, 0.25) is 0 Å².